The number of aromatic nitrogens is 1. The van der Waals surface area contributed by atoms with Crippen molar-refractivity contribution in [1.82, 2.24) is 9.47 Å². The first-order chi connectivity index (χ1) is 25.5. The summed E-state index contributed by atoms with van der Waals surface area (Å²) in [5.41, 5.74) is 8.60. The summed E-state index contributed by atoms with van der Waals surface area (Å²) in [4.78, 5) is 27.9. The summed E-state index contributed by atoms with van der Waals surface area (Å²) in [5, 5.41) is 11.5. The van der Waals surface area contributed by atoms with E-state index in [4.69, 9.17) is 4.74 Å². The number of para-hydroxylation sites is 1. The fourth-order valence-corrected chi connectivity index (χ4v) is 8.07. The van der Waals surface area contributed by atoms with E-state index in [2.05, 4.69) is 77.5 Å². The predicted molar refractivity (Wildman–Crippen MR) is 205 cm³/mol. The number of carboxylic acids is 1. The highest BCUT2D eigenvalue weighted by Gasteiger charge is 2.40. The molecule has 1 amide bonds. The molecule has 7 aromatic rings. The molecule has 6 heteroatoms. The van der Waals surface area contributed by atoms with Crippen LogP contribution in [0.15, 0.2) is 170 Å². The van der Waals surface area contributed by atoms with Gasteiger partial charge in [0.25, 0.3) is 0 Å². The highest BCUT2D eigenvalue weighted by atomic mass is 16.6. The van der Waals surface area contributed by atoms with Gasteiger partial charge in [-0.3, -0.25) is 4.90 Å². The number of likely N-dealkylation sites (N-methyl/N-ethyl adjacent to an activating group) is 1. The van der Waals surface area contributed by atoms with Crippen molar-refractivity contribution in [3.05, 3.63) is 203 Å². The van der Waals surface area contributed by atoms with Crippen molar-refractivity contribution in [3.8, 4) is 11.1 Å². The standard InChI is InChI=1S/C46H38N2O4/c1-47(45(51)52-31-41-39-26-13-11-24-37(39)38-25-12-14-27-40(38)41)43(44(49)50)29-32-30-48(42-28-16-15-23-36(32)42)46(33-17-5-2-6-18-33,34-19-7-3-8-20-34)35-21-9-4-10-22-35/h2-28,30,41,43H,29,31H2,1H3,(H,49,50)/t43-/m1/s1. The number of hydrogen-bond donors (Lipinski definition) is 1. The Balaban J connectivity index is 1.17. The molecule has 0 spiro atoms. The zero-order valence-electron chi connectivity index (χ0n) is 28.8. The summed E-state index contributed by atoms with van der Waals surface area (Å²) in [7, 11) is 1.51. The molecule has 1 aliphatic carbocycles. The molecule has 8 rings (SSSR count). The normalized spacial score (nSPS) is 12.9. The van der Waals surface area contributed by atoms with Crippen molar-refractivity contribution in [2.75, 3.05) is 13.7 Å². The second-order valence-corrected chi connectivity index (χ2v) is 13.3. The molecule has 1 aromatic heterocycles. The van der Waals surface area contributed by atoms with Crippen molar-refractivity contribution in [2.45, 2.75) is 23.9 Å². The van der Waals surface area contributed by atoms with Crippen LogP contribution in [0.3, 0.4) is 0 Å². The first kappa shape index (κ1) is 32.8. The summed E-state index contributed by atoms with van der Waals surface area (Å²) in [6.45, 7) is 0.108. The van der Waals surface area contributed by atoms with Gasteiger partial charge in [-0.15, -0.1) is 0 Å². The lowest BCUT2D eigenvalue weighted by atomic mass is 9.76. The zero-order valence-corrected chi connectivity index (χ0v) is 28.8. The van der Waals surface area contributed by atoms with Gasteiger partial charge in [0.1, 0.15) is 18.2 Å². The van der Waals surface area contributed by atoms with Crippen molar-refractivity contribution < 1.29 is 19.4 Å². The highest BCUT2D eigenvalue weighted by Crippen LogP contribution is 2.45. The SMILES string of the molecule is CN(C(=O)OCC1c2ccccc2-c2ccccc21)[C@H](Cc1cn(C(c2ccccc2)(c2ccccc2)c2ccccc2)c2ccccc12)C(=O)O. The highest BCUT2D eigenvalue weighted by molar-refractivity contribution is 5.87. The summed E-state index contributed by atoms with van der Waals surface area (Å²) in [6.07, 6.45) is 1.47. The molecular formula is C46H38N2O4. The van der Waals surface area contributed by atoms with E-state index in [0.29, 0.717) is 0 Å². The molecule has 6 aromatic carbocycles. The van der Waals surface area contributed by atoms with Gasteiger partial charge in [0, 0.05) is 36.5 Å². The number of hydrogen-bond acceptors (Lipinski definition) is 3. The third-order valence-corrected chi connectivity index (χ3v) is 10.5. The number of aliphatic carboxylic acids is 1. The van der Waals surface area contributed by atoms with Crippen LogP contribution in [0.2, 0.25) is 0 Å². The van der Waals surface area contributed by atoms with Gasteiger partial charge in [-0.05, 0) is 50.6 Å². The van der Waals surface area contributed by atoms with Gasteiger partial charge in [0.15, 0.2) is 0 Å². The number of ether oxygens (including phenoxy) is 1. The number of fused-ring (bicyclic) bond motifs is 4. The van der Waals surface area contributed by atoms with Crippen molar-refractivity contribution in [2.24, 2.45) is 0 Å². The second-order valence-electron chi connectivity index (χ2n) is 13.3. The van der Waals surface area contributed by atoms with Crippen LogP contribution >= 0.6 is 0 Å². The average molecular weight is 683 g/mol. The van der Waals surface area contributed by atoms with E-state index in [9.17, 15) is 14.7 Å². The number of nitrogens with zero attached hydrogens (tertiary/aromatic N) is 2. The van der Waals surface area contributed by atoms with Crippen LogP contribution in [0.4, 0.5) is 4.79 Å². The van der Waals surface area contributed by atoms with Crippen LogP contribution in [0, 0.1) is 0 Å². The molecule has 0 unspecified atom stereocenters. The summed E-state index contributed by atoms with van der Waals surface area (Å²) in [6, 6.07) is 54.4. The first-order valence-electron chi connectivity index (χ1n) is 17.5. The molecule has 0 saturated carbocycles. The number of amides is 1. The number of carbonyl (C=O) groups is 2. The Kier molecular flexibility index (Phi) is 8.65. The van der Waals surface area contributed by atoms with E-state index in [1.54, 1.807) is 0 Å². The number of carbonyl (C=O) groups excluding carboxylic acids is 1. The van der Waals surface area contributed by atoms with Gasteiger partial charge in [0.05, 0.1) is 0 Å². The maximum Gasteiger partial charge on any atom is 0.410 e. The monoisotopic (exact) mass is 682 g/mol. The Labute approximate surface area is 303 Å². The van der Waals surface area contributed by atoms with Gasteiger partial charge in [0.2, 0.25) is 0 Å². The van der Waals surface area contributed by atoms with E-state index >= 15 is 0 Å². The minimum absolute atomic E-state index is 0.0813. The molecule has 256 valence electrons. The first-order valence-corrected chi connectivity index (χ1v) is 17.5. The fraction of sp³-hybridized carbons (Fsp3) is 0.130. The van der Waals surface area contributed by atoms with Crippen LogP contribution in [0.1, 0.15) is 39.3 Å². The summed E-state index contributed by atoms with van der Waals surface area (Å²) in [5.74, 6) is -1.23. The third kappa shape index (κ3) is 5.53. The molecule has 1 N–H and O–H groups in total. The molecule has 0 fully saturated rings. The number of carboxylic acid groups (broad SMARTS) is 1. The van der Waals surface area contributed by atoms with E-state index in [0.717, 1.165) is 55.4 Å². The van der Waals surface area contributed by atoms with Gasteiger partial charge in [-0.1, -0.05) is 158 Å². The van der Waals surface area contributed by atoms with Crippen LogP contribution in [-0.2, 0) is 21.5 Å². The molecule has 1 aliphatic rings. The van der Waals surface area contributed by atoms with E-state index in [1.807, 2.05) is 97.1 Å². The molecule has 6 nitrogen and oxygen atoms in total. The van der Waals surface area contributed by atoms with Crippen molar-refractivity contribution in [1.29, 1.82) is 0 Å². The third-order valence-electron chi connectivity index (χ3n) is 10.5. The van der Waals surface area contributed by atoms with Gasteiger partial charge in [-0.2, -0.15) is 0 Å². The Morgan fingerprint density at radius 1 is 0.673 bits per heavy atom. The summed E-state index contributed by atoms with van der Waals surface area (Å²) < 4.78 is 8.18. The van der Waals surface area contributed by atoms with Gasteiger partial charge >= 0.3 is 12.1 Å². The second kappa shape index (κ2) is 13.7. The van der Waals surface area contributed by atoms with E-state index in [1.165, 1.54) is 11.9 Å². The van der Waals surface area contributed by atoms with Gasteiger partial charge < -0.3 is 14.4 Å². The molecule has 0 saturated heterocycles. The lowest BCUT2D eigenvalue weighted by Crippen LogP contribution is -2.44. The van der Waals surface area contributed by atoms with Crippen molar-refractivity contribution in [3.63, 3.8) is 0 Å². The van der Waals surface area contributed by atoms with E-state index in [-0.39, 0.29) is 18.9 Å². The van der Waals surface area contributed by atoms with Crippen LogP contribution in [0.25, 0.3) is 22.0 Å². The fourth-order valence-electron chi connectivity index (χ4n) is 8.07. The lowest BCUT2D eigenvalue weighted by molar-refractivity contribution is -0.142. The number of benzene rings is 6. The van der Waals surface area contributed by atoms with E-state index < -0.39 is 23.6 Å². The largest absolute Gasteiger partial charge is 0.480 e. The molecule has 0 aliphatic heterocycles. The minimum Gasteiger partial charge on any atom is -0.480 e. The van der Waals surface area contributed by atoms with Crippen molar-refractivity contribution >= 4 is 23.0 Å². The molecule has 0 bridgehead atoms. The number of rotatable bonds is 10. The molecule has 0 radical (unpaired) electrons. The molecule has 52 heavy (non-hydrogen) atoms. The predicted octanol–water partition coefficient (Wildman–Crippen LogP) is 9.36. The molecule has 1 heterocycles. The maximum atomic E-state index is 13.7. The smallest absolute Gasteiger partial charge is 0.410 e. The zero-order chi connectivity index (χ0) is 35.7. The quantitative estimate of drug-likeness (QED) is 0.146. The Bertz CT molecular complexity index is 2230. The topological polar surface area (TPSA) is 71.8 Å². The lowest BCUT2D eigenvalue weighted by Gasteiger charge is -2.38. The minimum atomic E-state index is -1.17. The molecular weight excluding hydrogens is 645 g/mol. The van der Waals surface area contributed by atoms with Gasteiger partial charge in [-0.25, -0.2) is 9.59 Å². The Morgan fingerprint density at radius 3 is 1.65 bits per heavy atom. The molecule has 1 atom stereocenters. The maximum absolute atomic E-state index is 13.7. The summed E-state index contributed by atoms with van der Waals surface area (Å²) >= 11 is 0. The Hall–Kier alpha value is -6.40. The Morgan fingerprint density at radius 2 is 1.13 bits per heavy atom. The average Bonchev–Trinajstić information content (AvgIpc) is 3.73. The van der Waals surface area contributed by atoms with Crippen LogP contribution in [-0.4, -0.2) is 46.3 Å². The van der Waals surface area contributed by atoms with Crippen LogP contribution < -0.4 is 0 Å². The van der Waals surface area contributed by atoms with Crippen LogP contribution in [0.5, 0.6) is 0 Å².